The molecule has 1 N–H and O–H groups in total. The van der Waals surface area contributed by atoms with Crippen LogP contribution in [0.1, 0.15) is 37.8 Å². The van der Waals surface area contributed by atoms with E-state index in [1.807, 2.05) is 0 Å². The van der Waals surface area contributed by atoms with Gasteiger partial charge < -0.3 is 5.32 Å². The van der Waals surface area contributed by atoms with Crippen LogP contribution in [-0.4, -0.2) is 31.1 Å². The summed E-state index contributed by atoms with van der Waals surface area (Å²) < 4.78 is 1.17. The average molecular weight is 311 g/mol. The van der Waals surface area contributed by atoms with Crippen LogP contribution in [0.25, 0.3) is 0 Å². The van der Waals surface area contributed by atoms with Crippen LogP contribution in [0.2, 0.25) is 0 Å². The van der Waals surface area contributed by atoms with Gasteiger partial charge in [-0.2, -0.15) is 0 Å². The minimum atomic E-state index is 0.597. The summed E-state index contributed by atoms with van der Waals surface area (Å²) in [7, 11) is 0. The lowest BCUT2D eigenvalue weighted by Crippen LogP contribution is -2.45. The molecule has 0 spiro atoms. The number of nitrogens with one attached hydrogen (secondary N) is 1. The number of nitrogens with zero attached hydrogens (tertiary/aromatic N) is 1. The van der Waals surface area contributed by atoms with E-state index >= 15 is 0 Å². The lowest BCUT2D eigenvalue weighted by atomic mass is 9.99. The molecule has 1 saturated heterocycles. The van der Waals surface area contributed by atoms with Gasteiger partial charge in [0.2, 0.25) is 0 Å². The van der Waals surface area contributed by atoms with Crippen molar-refractivity contribution >= 4 is 15.9 Å². The van der Waals surface area contributed by atoms with Gasteiger partial charge in [-0.3, -0.25) is 4.90 Å². The van der Waals surface area contributed by atoms with Crippen molar-refractivity contribution in [3.63, 3.8) is 0 Å². The van der Waals surface area contributed by atoms with Crippen LogP contribution < -0.4 is 5.32 Å². The van der Waals surface area contributed by atoms with E-state index in [0.717, 1.165) is 13.1 Å². The van der Waals surface area contributed by atoms with Crippen molar-refractivity contribution in [1.82, 2.24) is 10.2 Å². The molecular formula is C15H23BrN2. The standard InChI is InChI=1S/C15H23BrN2/c1-2-3-4-15(18-11-9-17-10-12-18)13-5-7-14(16)8-6-13/h5-8,15,17H,2-4,9-12H2,1H3/t15-/m0/s1. The van der Waals surface area contributed by atoms with E-state index in [1.165, 1.54) is 42.4 Å². The van der Waals surface area contributed by atoms with Crippen LogP contribution >= 0.6 is 15.9 Å². The third kappa shape index (κ3) is 3.81. The molecule has 0 amide bonds. The van der Waals surface area contributed by atoms with Crippen LogP contribution in [0, 0.1) is 0 Å². The van der Waals surface area contributed by atoms with Gasteiger partial charge >= 0.3 is 0 Å². The lowest BCUT2D eigenvalue weighted by molar-refractivity contribution is 0.163. The van der Waals surface area contributed by atoms with E-state index in [0.29, 0.717) is 6.04 Å². The Labute approximate surface area is 119 Å². The number of benzene rings is 1. The summed E-state index contributed by atoms with van der Waals surface area (Å²) in [6.07, 6.45) is 3.86. The minimum Gasteiger partial charge on any atom is -0.314 e. The van der Waals surface area contributed by atoms with Crippen LogP contribution in [0.15, 0.2) is 28.7 Å². The zero-order valence-electron chi connectivity index (χ0n) is 11.2. The molecule has 1 fully saturated rings. The van der Waals surface area contributed by atoms with E-state index < -0.39 is 0 Å². The number of halogens is 1. The molecule has 0 unspecified atom stereocenters. The Hall–Kier alpha value is -0.380. The molecule has 2 nitrogen and oxygen atoms in total. The van der Waals surface area contributed by atoms with Crippen molar-refractivity contribution in [2.45, 2.75) is 32.2 Å². The second-order valence-electron chi connectivity index (χ2n) is 5.00. The van der Waals surface area contributed by atoms with Crippen LogP contribution in [0.5, 0.6) is 0 Å². The van der Waals surface area contributed by atoms with E-state index in [4.69, 9.17) is 0 Å². The highest BCUT2D eigenvalue weighted by Gasteiger charge is 2.21. The molecule has 1 aliphatic rings. The summed E-state index contributed by atoms with van der Waals surface area (Å²) in [6.45, 7) is 6.86. The summed E-state index contributed by atoms with van der Waals surface area (Å²) in [5, 5.41) is 3.44. The Morgan fingerprint density at radius 3 is 2.50 bits per heavy atom. The van der Waals surface area contributed by atoms with Gasteiger partial charge in [0.1, 0.15) is 0 Å². The predicted molar refractivity (Wildman–Crippen MR) is 80.9 cm³/mol. The number of unbranched alkanes of at least 4 members (excludes halogenated alkanes) is 1. The van der Waals surface area contributed by atoms with Crippen LogP contribution in [0.3, 0.4) is 0 Å². The van der Waals surface area contributed by atoms with Crippen molar-refractivity contribution in [2.24, 2.45) is 0 Å². The molecule has 0 bridgehead atoms. The van der Waals surface area contributed by atoms with E-state index in [9.17, 15) is 0 Å². The SMILES string of the molecule is CCCC[C@@H](c1ccc(Br)cc1)N1CCNCC1. The monoisotopic (exact) mass is 310 g/mol. The maximum Gasteiger partial charge on any atom is 0.0349 e. The van der Waals surface area contributed by atoms with Crippen molar-refractivity contribution in [3.05, 3.63) is 34.3 Å². The first-order chi connectivity index (χ1) is 8.81. The van der Waals surface area contributed by atoms with Gasteiger partial charge in [-0.05, 0) is 24.1 Å². The van der Waals surface area contributed by atoms with Gasteiger partial charge in [0, 0.05) is 36.7 Å². The van der Waals surface area contributed by atoms with Gasteiger partial charge in [0.25, 0.3) is 0 Å². The Balaban J connectivity index is 2.10. The zero-order valence-corrected chi connectivity index (χ0v) is 12.7. The topological polar surface area (TPSA) is 15.3 Å². The molecular weight excluding hydrogens is 288 g/mol. The lowest BCUT2D eigenvalue weighted by Gasteiger charge is -2.35. The molecule has 0 aromatic heterocycles. The molecule has 0 saturated carbocycles. The number of piperazine rings is 1. The van der Waals surface area contributed by atoms with Crippen molar-refractivity contribution in [2.75, 3.05) is 26.2 Å². The third-order valence-corrected chi connectivity index (χ3v) is 4.21. The van der Waals surface area contributed by atoms with E-state index in [-0.39, 0.29) is 0 Å². The van der Waals surface area contributed by atoms with Gasteiger partial charge in [0.15, 0.2) is 0 Å². The van der Waals surface area contributed by atoms with Crippen molar-refractivity contribution in [3.8, 4) is 0 Å². The quantitative estimate of drug-likeness (QED) is 0.894. The molecule has 1 atom stereocenters. The molecule has 18 heavy (non-hydrogen) atoms. The maximum absolute atomic E-state index is 3.52. The molecule has 1 aromatic carbocycles. The zero-order chi connectivity index (χ0) is 12.8. The maximum atomic E-state index is 3.52. The first-order valence-electron chi connectivity index (χ1n) is 7.01. The molecule has 2 rings (SSSR count). The highest BCUT2D eigenvalue weighted by Crippen LogP contribution is 2.27. The summed E-state index contributed by atoms with van der Waals surface area (Å²) in [6, 6.07) is 9.46. The Bertz CT molecular complexity index is 344. The van der Waals surface area contributed by atoms with Gasteiger partial charge in [-0.25, -0.2) is 0 Å². The highest BCUT2D eigenvalue weighted by atomic mass is 79.9. The van der Waals surface area contributed by atoms with Crippen LogP contribution in [0.4, 0.5) is 0 Å². The Morgan fingerprint density at radius 1 is 1.22 bits per heavy atom. The first kappa shape index (κ1) is 14.0. The average Bonchev–Trinajstić information content (AvgIpc) is 2.42. The largest absolute Gasteiger partial charge is 0.314 e. The molecule has 1 aliphatic heterocycles. The molecule has 1 heterocycles. The van der Waals surface area contributed by atoms with Gasteiger partial charge in [-0.1, -0.05) is 47.8 Å². The Kier molecular flexibility index (Phi) is 5.67. The summed E-state index contributed by atoms with van der Waals surface area (Å²) >= 11 is 3.52. The molecule has 1 aromatic rings. The normalized spacial score (nSPS) is 18.8. The van der Waals surface area contributed by atoms with Crippen molar-refractivity contribution < 1.29 is 0 Å². The third-order valence-electron chi connectivity index (χ3n) is 3.68. The number of hydrogen-bond acceptors (Lipinski definition) is 2. The Morgan fingerprint density at radius 2 is 1.89 bits per heavy atom. The fourth-order valence-electron chi connectivity index (χ4n) is 2.64. The fourth-order valence-corrected chi connectivity index (χ4v) is 2.90. The molecule has 0 aliphatic carbocycles. The second kappa shape index (κ2) is 7.27. The molecule has 0 radical (unpaired) electrons. The predicted octanol–water partition coefficient (Wildman–Crippen LogP) is 3.59. The summed E-state index contributed by atoms with van der Waals surface area (Å²) in [5.74, 6) is 0. The molecule has 3 heteroatoms. The smallest absolute Gasteiger partial charge is 0.0349 e. The number of rotatable bonds is 5. The minimum absolute atomic E-state index is 0.597. The molecule has 100 valence electrons. The second-order valence-corrected chi connectivity index (χ2v) is 5.91. The van der Waals surface area contributed by atoms with Gasteiger partial charge in [-0.15, -0.1) is 0 Å². The summed E-state index contributed by atoms with van der Waals surface area (Å²) in [5.41, 5.74) is 1.47. The number of hydrogen-bond donors (Lipinski definition) is 1. The first-order valence-corrected chi connectivity index (χ1v) is 7.81. The summed E-state index contributed by atoms with van der Waals surface area (Å²) in [4.78, 5) is 2.63. The van der Waals surface area contributed by atoms with E-state index in [1.54, 1.807) is 0 Å². The fraction of sp³-hybridized carbons (Fsp3) is 0.600. The van der Waals surface area contributed by atoms with Gasteiger partial charge in [0.05, 0.1) is 0 Å². The highest BCUT2D eigenvalue weighted by molar-refractivity contribution is 9.10. The van der Waals surface area contributed by atoms with Crippen molar-refractivity contribution in [1.29, 1.82) is 0 Å². The van der Waals surface area contributed by atoms with E-state index in [2.05, 4.69) is 57.3 Å². The van der Waals surface area contributed by atoms with Crippen LogP contribution in [-0.2, 0) is 0 Å².